The van der Waals surface area contributed by atoms with E-state index in [9.17, 15) is 0 Å². The minimum absolute atomic E-state index is 0.889. The van der Waals surface area contributed by atoms with Gasteiger partial charge in [0.25, 0.3) is 0 Å². The van der Waals surface area contributed by atoms with Gasteiger partial charge in [0.2, 0.25) is 0 Å². The number of nitrogens with zero attached hydrogens (tertiary/aromatic N) is 3. The molecule has 0 bridgehead atoms. The molecule has 2 rings (SSSR count). The lowest BCUT2D eigenvalue weighted by atomic mass is 10.1. The summed E-state index contributed by atoms with van der Waals surface area (Å²) in [6.45, 7) is 10.3. The fourth-order valence-electron chi connectivity index (χ4n) is 2.53. The Kier molecular flexibility index (Phi) is 4.86. The van der Waals surface area contributed by atoms with Gasteiger partial charge in [-0.1, -0.05) is 23.8 Å². The summed E-state index contributed by atoms with van der Waals surface area (Å²) in [5.41, 5.74) is 8.32. The molecular weight excluding hydrogens is 270 g/mol. The van der Waals surface area contributed by atoms with Gasteiger partial charge in [-0.15, -0.1) is 0 Å². The monoisotopic (exact) mass is 293 g/mol. The molecule has 2 aromatic rings. The molecular formula is C19H23N3. The van der Waals surface area contributed by atoms with E-state index in [2.05, 4.69) is 42.9 Å². The molecule has 0 atom stereocenters. The highest BCUT2D eigenvalue weighted by atomic mass is 14.8. The topological polar surface area (TPSA) is 37.6 Å². The number of hydrogen-bond donors (Lipinski definition) is 0. The van der Waals surface area contributed by atoms with Crippen LogP contribution in [0.2, 0.25) is 0 Å². The Morgan fingerprint density at radius 1 is 0.909 bits per heavy atom. The molecule has 22 heavy (non-hydrogen) atoms. The van der Waals surface area contributed by atoms with Gasteiger partial charge in [-0.2, -0.15) is 0 Å². The van der Waals surface area contributed by atoms with Crippen LogP contribution in [-0.2, 0) is 0 Å². The van der Waals surface area contributed by atoms with Crippen molar-refractivity contribution in [3.8, 4) is 0 Å². The van der Waals surface area contributed by atoms with Crippen molar-refractivity contribution in [2.45, 2.75) is 34.6 Å². The van der Waals surface area contributed by atoms with Crippen LogP contribution in [0.1, 0.15) is 41.9 Å². The van der Waals surface area contributed by atoms with Gasteiger partial charge in [-0.25, -0.2) is 4.98 Å². The SMILES string of the molecule is C/N=C(\C)c1cccc(/C(C)=N/c2c(C)cc(C)cc2C)n1. The Morgan fingerprint density at radius 3 is 2.00 bits per heavy atom. The maximum atomic E-state index is 4.81. The number of benzene rings is 1. The molecule has 0 unspecified atom stereocenters. The van der Waals surface area contributed by atoms with Crippen LogP contribution in [0.5, 0.6) is 0 Å². The van der Waals surface area contributed by atoms with Crippen molar-refractivity contribution in [2.24, 2.45) is 9.98 Å². The quantitative estimate of drug-likeness (QED) is 0.763. The van der Waals surface area contributed by atoms with Crippen LogP contribution >= 0.6 is 0 Å². The van der Waals surface area contributed by atoms with Crippen LogP contribution in [0, 0.1) is 20.8 Å². The fraction of sp³-hybridized carbons (Fsp3) is 0.316. The van der Waals surface area contributed by atoms with Crippen molar-refractivity contribution in [3.63, 3.8) is 0 Å². The summed E-state index contributed by atoms with van der Waals surface area (Å²) in [5, 5.41) is 0. The molecule has 1 heterocycles. The predicted molar refractivity (Wildman–Crippen MR) is 94.9 cm³/mol. The second-order valence-corrected chi connectivity index (χ2v) is 5.66. The van der Waals surface area contributed by atoms with Crippen molar-refractivity contribution >= 4 is 17.1 Å². The number of aryl methyl sites for hydroxylation is 3. The number of aromatic nitrogens is 1. The zero-order chi connectivity index (χ0) is 16.3. The summed E-state index contributed by atoms with van der Waals surface area (Å²) in [6.07, 6.45) is 0. The number of rotatable bonds is 3. The highest BCUT2D eigenvalue weighted by Crippen LogP contribution is 2.25. The van der Waals surface area contributed by atoms with E-state index in [1.807, 2.05) is 32.0 Å². The largest absolute Gasteiger partial charge is 0.291 e. The molecule has 0 saturated heterocycles. The van der Waals surface area contributed by atoms with Gasteiger partial charge in [0.1, 0.15) is 0 Å². The van der Waals surface area contributed by atoms with E-state index in [1.54, 1.807) is 7.05 Å². The lowest BCUT2D eigenvalue weighted by Crippen LogP contribution is -2.05. The smallest absolute Gasteiger partial charge is 0.0849 e. The van der Waals surface area contributed by atoms with Crippen LogP contribution < -0.4 is 0 Å². The number of hydrogen-bond acceptors (Lipinski definition) is 3. The average molecular weight is 293 g/mol. The lowest BCUT2D eigenvalue weighted by molar-refractivity contribution is 1.22. The van der Waals surface area contributed by atoms with Gasteiger partial charge >= 0.3 is 0 Å². The minimum atomic E-state index is 0.889. The van der Waals surface area contributed by atoms with Gasteiger partial charge < -0.3 is 0 Å². The zero-order valence-corrected chi connectivity index (χ0v) is 14.2. The summed E-state index contributed by atoms with van der Waals surface area (Å²) in [7, 11) is 1.78. The van der Waals surface area contributed by atoms with Gasteiger partial charge in [0.15, 0.2) is 0 Å². The fourth-order valence-corrected chi connectivity index (χ4v) is 2.53. The second kappa shape index (κ2) is 6.65. The van der Waals surface area contributed by atoms with Crippen molar-refractivity contribution in [3.05, 3.63) is 58.4 Å². The van der Waals surface area contributed by atoms with Crippen molar-refractivity contribution in [1.29, 1.82) is 0 Å². The highest BCUT2D eigenvalue weighted by molar-refractivity contribution is 6.01. The summed E-state index contributed by atoms with van der Waals surface area (Å²) >= 11 is 0. The van der Waals surface area contributed by atoms with Crippen LogP contribution in [0.25, 0.3) is 0 Å². The first-order chi connectivity index (χ1) is 10.4. The lowest BCUT2D eigenvalue weighted by Gasteiger charge is -2.09. The number of aliphatic imine (C=N–C) groups is 2. The molecule has 0 fully saturated rings. The zero-order valence-electron chi connectivity index (χ0n) is 14.2. The van der Waals surface area contributed by atoms with Gasteiger partial charge in [-0.05, 0) is 57.9 Å². The number of pyridine rings is 1. The molecule has 3 heteroatoms. The molecule has 114 valence electrons. The molecule has 0 aliphatic carbocycles. The molecule has 3 nitrogen and oxygen atoms in total. The summed E-state index contributed by atoms with van der Waals surface area (Å²) in [4.78, 5) is 13.7. The van der Waals surface area contributed by atoms with Crippen LogP contribution in [-0.4, -0.2) is 23.5 Å². The first-order valence-electron chi connectivity index (χ1n) is 7.46. The molecule has 0 amide bonds. The van der Waals surface area contributed by atoms with E-state index in [4.69, 9.17) is 4.99 Å². The molecule has 1 aromatic heterocycles. The van der Waals surface area contributed by atoms with Gasteiger partial charge in [-0.3, -0.25) is 9.98 Å². The standard InChI is InChI=1S/C19H23N3/c1-12-10-13(2)19(14(3)11-12)21-16(5)18-9-7-8-17(22-18)15(4)20-6/h7-11H,1-6H3/b20-15+,21-16+. The van der Waals surface area contributed by atoms with Crippen molar-refractivity contribution < 1.29 is 0 Å². The minimum Gasteiger partial charge on any atom is -0.291 e. The molecule has 1 aromatic carbocycles. The van der Waals surface area contributed by atoms with E-state index >= 15 is 0 Å². The van der Waals surface area contributed by atoms with Gasteiger partial charge in [0.05, 0.1) is 28.5 Å². The Morgan fingerprint density at radius 2 is 1.45 bits per heavy atom. The van der Waals surface area contributed by atoms with E-state index < -0.39 is 0 Å². The molecule has 0 spiro atoms. The van der Waals surface area contributed by atoms with Gasteiger partial charge in [0, 0.05) is 7.05 Å². The predicted octanol–water partition coefficient (Wildman–Crippen LogP) is 4.59. The highest BCUT2D eigenvalue weighted by Gasteiger charge is 2.07. The Labute approximate surface area is 132 Å². The third-order valence-corrected chi connectivity index (χ3v) is 3.74. The van der Waals surface area contributed by atoms with Crippen LogP contribution in [0.4, 0.5) is 5.69 Å². The first-order valence-corrected chi connectivity index (χ1v) is 7.46. The average Bonchev–Trinajstić information content (AvgIpc) is 2.50. The molecule has 0 radical (unpaired) electrons. The van der Waals surface area contributed by atoms with E-state index in [-0.39, 0.29) is 0 Å². The third-order valence-electron chi connectivity index (χ3n) is 3.74. The van der Waals surface area contributed by atoms with Crippen LogP contribution in [0.3, 0.4) is 0 Å². The molecule has 0 N–H and O–H groups in total. The normalized spacial score (nSPS) is 12.6. The Hall–Kier alpha value is -2.29. The maximum Gasteiger partial charge on any atom is 0.0849 e. The molecule has 0 aliphatic rings. The van der Waals surface area contributed by atoms with E-state index in [1.165, 1.54) is 16.7 Å². The molecule has 0 saturated carbocycles. The molecule has 0 aliphatic heterocycles. The van der Waals surface area contributed by atoms with Crippen LogP contribution in [0.15, 0.2) is 40.3 Å². The first kappa shape index (κ1) is 16.1. The van der Waals surface area contributed by atoms with E-state index in [0.717, 1.165) is 28.5 Å². The Balaban J connectivity index is 2.46. The van der Waals surface area contributed by atoms with Crippen molar-refractivity contribution in [1.82, 2.24) is 4.98 Å². The summed E-state index contributed by atoms with van der Waals surface area (Å²) in [6, 6.07) is 10.3. The maximum absolute atomic E-state index is 4.81. The van der Waals surface area contributed by atoms with E-state index in [0.29, 0.717) is 0 Å². The third kappa shape index (κ3) is 3.48. The van der Waals surface area contributed by atoms with Crippen molar-refractivity contribution in [2.75, 3.05) is 7.05 Å². The summed E-state index contributed by atoms with van der Waals surface area (Å²) in [5.74, 6) is 0. The summed E-state index contributed by atoms with van der Waals surface area (Å²) < 4.78 is 0. The second-order valence-electron chi connectivity index (χ2n) is 5.66. The Bertz CT molecular complexity index is 732.